The number of tetrazole rings is 1. The number of nitrogens with zero attached hydrogens (tertiary/aromatic N) is 8. The minimum atomic E-state index is -0.246. The maximum atomic E-state index is 11.9. The van der Waals surface area contributed by atoms with Crippen molar-refractivity contribution in [1.82, 2.24) is 45.1 Å². The van der Waals surface area contributed by atoms with Gasteiger partial charge >= 0.3 is 0 Å². The van der Waals surface area contributed by atoms with Crippen LogP contribution in [-0.4, -0.2) is 58.0 Å². The van der Waals surface area contributed by atoms with Crippen LogP contribution in [0.25, 0.3) is 5.82 Å². The molecule has 0 bridgehead atoms. The van der Waals surface area contributed by atoms with E-state index in [1.807, 2.05) is 0 Å². The van der Waals surface area contributed by atoms with Gasteiger partial charge in [-0.05, 0) is 22.6 Å². The summed E-state index contributed by atoms with van der Waals surface area (Å²) in [6.45, 7) is 0.543. The van der Waals surface area contributed by atoms with Crippen molar-refractivity contribution >= 4 is 17.7 Å². The number of hydrogen-bond acceptors (Lipinski definition) is 8. The van der Waals surface area contributed by atoms with Crippen molar-refractivity contribution in [3.63, 3.8) is 0 Å². The molecule has 0 aliphatic carbocycles. The molecule has 11 nitrogen and oxygen atoms in total. The third kappa shape index (κ3) is 4.29. The predicted molar refractivity (Wildman–Crippen MR) is 88.2 cm³/mol. The van der Waals surface area contributed by atoms with Gasteiger partial charge in [0.05, 0.1) is 12.3 Å². The van der Waals surface area contributed by atoms with Crippen molar-refractivity contribution in [2.45, 2.75) is 11.7 Å². The normalized spacial score (nSPS) is 10.8. The molecule has 0 unspecified atom stereocenters. The number of carbonyl (C=O) groups is 1. The van der Waals surface area contributed by atoms with Crippen molar-refractivity contribution < 1.29 is 4.79 Å². The molecule has 1 N–H and O–H groups in total. The van der Waals surface area contributed by atoms with Crippen LogP contribution in [0.2, 0.25) is 0 Å². The molecular formula is C13H15N9O2S. The highest BCUT2D eigenvalue weighted by molar-refractivity contribution is 7.99. The van der Waals surface area contributed by atoms with E-state index in [1.165, 1.54) is 27.2 Å². The fraction of sp³-hybridized carbons (Fsp3) is 0.308. The Morgan fingerprint density at radius 1 is 1.36 bits per heavy atom. The largest absolute Gasteiger partial charge is 0.354 e. The van der Waals surface area contributed by atoms with Gasteiger partial charge in [0.2, 0.25) is 11.1 Å². The average molecular weight is 361 g/mol. The first-order valence-electron chi connectivity index (χ1n) is 7.33. The maximum absolute atomic E-state index is 11.9. The highest BCUT2D eigenvalue weighted by Crippen LogP contribution is 2.11. The number of amides is 1. The second-order valence-electron chi connectivity index (χ2n) is 4.93. The molecule has 0 fully saturated rings. The first kappa shape index (κ1) is 16.8. The molecular weight excluding hydrogens is 346 g/mol. The van der Waals surface area contributed by atoms with E-state index in [9.17, 15) is 9.59 Å². The second kappa shape index (κ2) is 7.70. The van der Waals surface area contributed by atoms with E-state index in [2.05, 4.69) is 31.0 Å². The topological polar surface area (TPSA) is 125 Å². The zero-order valence-electron chi connectivity index (χ0n) is 13.3. The van der Waals surface area contributed by atoms with E-state index < -0.39 is 0 Å². The maximum Gasteiger partial charge on any atom is 0.266 e. The summed E-state index contributed by atoms with van der Waals surface area (Å²) >= 11 is 1.23. The molecule has 0 aromatic carbocycles. The highest BCUT2D eigenvalue weighted by Gasteiger charge is 2.08. The van der Waals surface area contributed by atoms with Crippen LogP contribution in [0.1, 0.15) is 0 Å². The van der Waals surface area contributed by atoms with Crippen LogP contribution >= 0.6 is 11.8 Å². The molecule has 25 heavy (non-hydrogen) atoms. The quantitative estimate of drug-likeness (QED) is 0.524. The number of carbonyl (C=O) groups excluding carboxylic acids is 1. The van der Waals surface area contributed by atoms with Crippen molar-refractivity contribution in [2.24, 2.45) is 7.05 Å². The van der Waals surface area contributed by atoms with Gasteiger partial charge in [0, 0.05) is 32.1 Å². The Morgan fingerprint density at radius 2 is 2.24 bits per heavy atom. The number of nitrogens with one attached hydrogen (secondary N) is 1. The summed E-state index contributed by atoms with van der Waals surface area (Å²) in [5, 5.41) is 22.6. The first-order chi connectivity index (χ1) is 12.1. The minimum Gasteiger partial charge on any atom is -0.354 e. The van der Waals surface area contributed by atoms with Gasteiger partial charge < -0.3 is 5.32 Å². The predicted octanol–water partition coefficient (Wildman–Crippen LogP) is -1.14. The van der Waals surface area contributed by atoms with Crippen molar-refractivity contribution in [3.05, 3.63) is 40.9 Å². The van der Waals surface area contributed by atoms with E-state index in [1.54, 1.807) is 36.3 Å². The second-order valence-corrected chi connectivity index (χ2v) is 5.87. The number of aromatic nitrogens is 8. The van der Waals surface area contributed by atoms with Gasteiger partial charge in [-0.2, -0.15) is 5.10 Å². The fourth-order valence-electron chi connectivity index (χ4n) is 1.95. The molecule has 1 amide bonds. The van der Waals surface area contributed by atoms with Crippen LogP contribution < -0.4 is 10.9 Å². The van der Waals surface area contributed by atoms with Gasteiger partial charge in [-0.3, -0.25) is 9.59 Å². The zero-order chi connectivity index (χ0) is 17.6. The van der Waals surface area contributed by atoms with Gasteiger partial charge in [-0.15, -0.1) is 10.2 Å². The molecule has 0 atom stereocenters. The summed E-state index contributed by atoms with van der Waals surface area (Å²) in [5.41, 5.74) is -0.246. The summed E-state index contributed by atoms with van der Waals surface area (Å²) in [5.74, 6) is 0.537. The van der Waals surface area contributed by atoms with Crippen molar-refractivity contribution in [1.29, 1.82) is 0 Å². The van der Waals surface area contributed by atoms with E-state index in [4.69, 9.17) is 0 Å². The van der Waals surface area contributed by atoms with Gasteiger partial charge in [-0.25, -0.2) is 14.0 Å². The van der Waals surface area contributed by atoms with Gasteiger partial charge in [0.1, 0.15) is 0 Å². The Morgan fingerprint density at radius 3 is 2.96 bits per heavy atom. The lowest BCUT2D eigenvalue weighted by molar-refractivity contribution is -0.118. The molecule has 0 radical (unpaired) electrons. The van der Waals surface area contributed by atoms with Crippen LogP contribution in [-0.2, 0) is 18.4 Å². The summed E-state index contributed by atoms with van der Waals surface area (Å²) in [6, 6.07) is 4.78. The van der Waals surface area contributed by atoms with Gasteiger partial charge in [0.15, 0.2) is 5.82 Å². The molecule has 0 saturated carbocycles. The number of aryl methyl sites for hydroxylation is 1. The summed E-state index contributed by atoms with van der Waals surface area (Å²) < 4.78 is 4.33. The molecule has 130 valence electrons. The monoisotopic (exact) mass is 361 g/mol. The first-order valence-corrected chi connectivity index (χ1v) is 8.32. The number of rotatable bonds is 7. The zero-order valence-corrected chi connectivity index (χ0v) is 14.1. The summed E-state index contributed by atoms with van der Waals surface area (Å²) in [7, 11) is 1.70. The Hall–Kier alpha value is -3.02. The minimum absolute atomic E-state index is 0.177. The molecule has 0 saturated heterocycles. The van der Waals surface area contributed by atoms with Crippen LogP contribution in [0.15, 0.2) is 40.5 Å². The third-order valence-electron chi connectivity index (χ3n) is 3.15. The Labute approximate surface area is 146 Å². The van der Waals surface area contributed by atoms with E-state index in [0.29, 0.717) is 11.0 Å². The van der Waals surface area contributed by atoms with Crippen LogP contribution in [0.3, 0.4) is 0 Å². The summed E-state index contributed by atoms with van der Waals surface area (Å²) in [4.78, 5) is 23.7. The van der Waals surface area contributed by atoms with Gasteiger partial charge in [-0.1, -0.05) is 11.8 Å². The lowest BCUT2D eigenvalue weighted by Gasteiger charge is -2.08. The highest BCUT2D eigenvalue weighted by atomic mass is 32.2. The molecule has 0 spiro atoms. The van der Waals surface area contributed by atoms with Crippen molar-refractivity contribution in [2.75, 3.05) is 12.3 Å². The molecule has 3 aromatic rings. The molecule has 0 aliphatic rings. The molecule has 12 heteroatoms. The molecule has 3 heterocycles. The van der Waals surface area contributed by atoms with Crippen LogP contribution in [0, 0.1) is 0 Å². The van der Waals surface area contributed by atoms with E-state index in [-0.39, 0.29) is 30.3 Å². The third-order valence-corrected chi connectivity index (χ3v) is 4.16. The lowest BCUT2D eigenvalue weighted by atomic mass is 10.5. The lowest BCUT2D eigenvalue weighted by Crippen LogP contribution is -2.33. The van der Waals surface area contributed by atoms with Crippen LogP contribution in [0.4, 0.5) is 0 Å². The molecule has 0 aliphatic heterocycles. The Balaban J connectivity index is 1.51. The Kier molecular flexibility index (Phi) is 5.18. The SMILES string of the molecule is Cn1nnnc1SCC(=O)NCCn1nc(-n2cccn2)ccc1=O. The number of hydrogen-bond donors (Lipinski definition) is 1. The van der Waals surface area contributed by atoms with E-state index in [0.717, 1.165) is 0 Å². The smallest absolute Gasteiger partial charge is 0.266 e. The fourth-order valence-corrected chi connectivity index (χ4v) is 2.63. The standard InChI is InChI=1S/C13H15N9O2S/c1-20-13(16-18-19-20)25-9-11(23)14-6-8-22-12(24)4-3-10(17-22)21-7-2-5-15-21/h2-5,7H,6,8-9H2,1H3,(H,14,23). The Bertz CT molecular complexity index is 902. The molecule has 3 rings (SSSR count). The van der Waals surface area contributed by atoms with Crippen LogP contribution in [0.5, 0.6) is 0 Å². The molecule has 3 aromatic heterocycles. The summed E-state index contributed by atoms with van der Waals surface area (Å²) in [6.07, 6.45) is 3.36. The van der Waals surface area contributed by atoms with Gasteiger partial charge in [0.25, 0.3) is 5.56 Å². The van der Waals surface area contributed by atoms with Crippen molar-refractivity contribution in [3.8, 4) is 5.82 Å². The van der Waals surface area contributed by atoms with E-state index >= 15 is 0 Å². The number of thioether (sulfide) groups is 1. The average Bonchev–Trinajstić information content (AvgIpc) is 3.26.